The summed E-state index contributed by atoms with van der Waals surface area (Å²) in [6, 6.07) is 2.91. The van der Waals surface area contributed by atoms with E-state index in [1.165, 1.54) is 22.6 Å². The van der Waals surface area contributed by atoms with Gasteiger partial charge in [0.15, 0.2) is 0 Å². The number of nitrogens with zero attached hydrogens (tertiary/aromatic N) is 3. The van der Waals surface area contributed by atoms with Crippen LogP contribution in [0.2, 0.25) is 0 Å². The molecule has 2 aliphatic heterocycles. The van der Waals surface area contributed by atoms with Crippen molar-refractivity contribution in [1.29, 1.82) is 0 Å². The van der Waals surface area contributed by atoms with Gasteiger partial charge in [0.1, 0.15) is 11.5 Å². The summed E-state index contributed by atoms with van der Waals surface area (Å²) in [6.07, 6.45) is 3.51. The predicted octanol–water partition coefficient (Wildman–Crippen LogP) is 1.90. The van der Waals surface area contributed by atoms with Crippen LogP contribution in [0, 0.1) is 0 Å². The molecule has 3 rings (SSSR count). The van der Waals surface area contributed by atoms with E-state index in [0.717, 1.165) is 0 Å². The van der Waals surface area contributed by atoms with Gasteiger partial charge in [0.2, 0.25) is 15.9 Å². The summed E-state index contributed by atoms with van der Waals surface area (Å²) in [4.78, 5) is 17.7. The number of sulfonamides is 1. The van der Waals surface area contributed by atoms with Crippen LogP contribution in [0.1, 0.15) is 26.2 Å². The standard InChI is InChI=1S/C18H25FN4O4S/c1-2-14(11-19)13-27-17-4-3-16(12-21-17)28(25,26)22-8-5-15(6-9-22)23-10-7-20-18(23)24/h3-4,11-12,15H,2,5-10,13H2,1H3,(H,20,24)/b14-11+. The first-order chi connectivity index (χ1) is 13.5. The molecular formula is C18H25FN4O4S. The average Bonchev–Trinajstić information content (AvgIpc) is 3.15. The molecule has 10 heteroatoms. The summed E-state index contributed by atoms with van der Waals surface area (Å²) >= 11 is 0. The van der Waals surface area contributed by atoms with Crippen molar-refractivity contribution in [2.24, 2.45) is 0 Å². The molecule has 0 spiro atoms. The predicted molar refractivity (Wildman–Crippen MR) is 101 cm³/mol. The lowest BCUT2D eigenvalue weighted by Gasteiger charge is -2.35. The first kappa shape index (κ1) is 20.5. The van der Waals surface area contributed by atoms with Crippen LogP contribution in [0.3, 0.4) is 0 Å². The third-order valence-electron chi connectivity index (χ3n) is 5.11. The van der Waals surface area contributed by atoms with Crippen molar-refractivity contribution in [2.75, 3.05) is 32.8 Å². The van der Waals surface area contributed by atoms with Crippen LogP contribution in [0.15, 0.2) is 35.1 Å². The number of halogens is 1. The summed E-state index contributed by atoms with van der Waals surface area (Å²) in [7, 11) is -3.66. The van der Waals surface area contributed by atoms with Gasteiger partial charge in [0.25, 0.3) is 0 Å². The lowest BCUT2D eigenvalue weighted by molar-refractivity contribution is 0.167. The van der Waals surface area contributed by atoms with Gasteiger partial charge in [-0.3, -0.25) is 0 Å². The van der Waals surface area contributed by atoms with Crippen molar-refractivity contribution in [3.8, 4) is 5.88 Å². The van der Waals surface area contributed by atoms with Crippen molar-refractivity contribution in [1.82, 2.24) is 19.5 Å². The van der Waals surface area contributed by atoms with E-state index in [1.54, 1.807) is 4.90 Å². The molecule has 2 saturated heterocycles. The Hall–Kier alpha value is -2.20. The zero-order chi connectivity index (χ0) is 20.1. The number of hydrogen-bond donors (Lipinski definition) is 1. The molecule has 0 atom stereocenters. The highest BCUT2D eigenvalue weighted by atomic mass is 32.2. The minimum absolute atomic E-state index is 0.0687. The van der Waals surface area contributed by atoms with Crippen molar-refractivity contribution in [3.63, 3.8) is 0 Å². The molecule has 1 aromatic rings. The van der Waals surface area contributed by atoms with Gasteiger partial charge in [-0.1, -0.05) is 6.92 Å². The Labute approximate surface area is 164 Å². The summed E-state index contributed by atoms with van der Waals surface area (Å²) in [5.74, 6) is 0.241. The van der Waals surface area contributed by atoms with Crippen molar-refractivity contribution in [3.05, 3.63) is 30.2 Å². The number of carbonyl (C=O) groups excluding carboxylic acids is 1. The van der Waals surface area contributed by atoms with E-state index in [1.807, 2.05) is 6.92 Å². The molecule has 28 heavy (non-hydrogen) atoms. The maximum absolute atomic E-state index is 12.8. The molecule has 3 heterocycles. The summed E-state index contributed by atoms with van der Waals surface area (Å²) < 4.78 is 45.0. The van der Waals surface area contributed by atoms with Crippen molar-refractivity contribution < 1.29 is 22.3 Å². The number of pyridine rings is 1. The Morgan fingerprint density at radius 2 is 2.11 bits per heavy atom. The number of urea groups is 1. The van der Waals surface area contributed by atoms with Gasteiger partial charge in [-0.2, -0.15) is 4.31 Å². The highest BCUT2D eigenvalue weighted by Crippen LogP contribution is 2.24. The monoisotopic (exact) mass is 412 g/mol. The van der Waals surface area contributed by atoms with Crippen LogP contribution in [0.25, 0.3) is 0 Å². The molecule has 2 fully saturated rings. The Morgan fingerprint density at radius 3 is 2.64 bits per heavy atom. The molecule has 0 aromatic carbocycles. The Bertz CT molecular complexity index is 820. The molecule has 2 amide bonds. The fourth-order valence-corrected chi connectivity index (χ4v) is 4.78. The maximum Gasteiger partial charge on any atom is 0.317 e. The van der Waals surface area contributed by atoms with E-state index in [0.29, 0.717) is 57.3 Å². The summed E-state index contributed by atoms with van der Waals surface area (Å²) in [6.45, 7) is 3.91. The van der Waals surface area contributed by atoms with Crippen LogP contribution in [-0.4, -0.2) is 67.5 Å². The molecular weight excluding hydrogens is 387 g/mol. The third kappa shape index (κ3) is 4.44. The molecule has 0 aliphatic carbocycles. The lowest BCUT2D eigenvalue weighted by Crippen LogP contribution is -2.47. The second-order valence-electron chi connectivity index (χ2n) is 6.80. The number of piperidine rings is 1. The van der Waals surface area contributed by atoms with Gasteiger partial charge >= 0.3 is 6.03 Å². The first-order valence-corrected chi connectivity index (χ1v) is 10.8. The summed E-state index contributed by atoms with van der Waals surface area (Å²) in [5.41, 5.74) is 0.494. The highest BCUT2D eigenvalue weighted by Gasteiger charge is 2.34. The van der Waals surface area contributed by atoms with Gasteiger partial charge < -0.3 is 15.0 Å². The Balaban J connectivity index is 1.59. The number of rotatable bonds is 7. The molecule has 0 bridgehead atoms. The molecule has 0 unspecified atom stereocenters. The molecule has 8 nitrogen and oxygen atoms in total. The van der Waals surface area contributed by atoms with E-state index in [4.69, 9.17) is 4.74 Å². The minimum atomic E-state index is -3.66. The minimum Gasteiger partial charge on any atom is -0.473 e. The fraction of sp³-hybridized carbons (Fsp3) is 0.556. The average molecular weight is 412 g/mol. The second-order valence-corrected chi connectivity index (χ2v) is 8.74. The molecule has 2 aliphatic rings. The van der Waals surface area contributed by atoms with Gasteiger partial charge in [0, 0.05) is 38.3 Å². The maximum atomic E-state index is 12.8. The molecule has 0 saturated carbocycles. The van der Waals surface area contributed by atoms with Crippen molar-refractivity contribution >= 4 is 16.1 Å². The quantitative estimate of drug-likeness (QED) is 0.739. The third-order valence-corrected chi connectivity index (χ3v) is 7.00. The number of hydrogen-bond acceptors (Lipinski definition) is 5. The van der Waals surface area contributed by atoms with E-state index >= 15 is 0 Å². The largest absolute Gasteiger partial charge is 0.473 e. The second kappa shape index (κ2) is 8.87. The van der Waals surface area contributed by atoms with Crippen molar-refractivity contribution in [2.45, 2.75) is 37.1 Å². The smallest absolute Gasteiger partial charge is 0.317 e. The number of nitrogens with one attached hydrogen (secondary N) is 1. The zero-order valence-corrected chi connectivity index (χ0v) is 16.6. The lowest BCUT2D eigenvalue weighted by atomic mass is 10.1. The topological polar surface area (TPSA) is 91.8 Å². The van der Waals surface area contributed by atoms with Gasteiger partial charge in [-0.15, -0.1) is 0 Å². The first-order valence-electron chi connectivity index (χ1n) is 9.37. The van der Waals surface area contributed by atoms with Gasteiger partial charge in [-0.25, -0.2) is 22.6 Å². The van der Waals surface area contributed by atoms with E-state index in [-0.39, 0.29) is 29.5 Å². The summed E-state index contributed by atoms with van der Waals surface area (Å²) in [5, 5.41) is 2.77. The van der Waals surface area contributed by atoms with E-state index in [9.17, 15) is 17.6 Å². The van der Waals surface area contributed by atoms with Crippen LogP contribution in [-0.2, 0) is 10.0 Å². The highest BCUT2D eigenvalue weighted by molar-refractivity contribution is 7.89. The molecule has 0 radical (unpaired) electrons. The molecule has 1 N–H and O–H groups in total. The zero-order valence-electron chi connectivity index (χ0n) is 15.8. The van der Waals surface area contributed by atoms with Crippen LogP contribution < -0.4 is 10.1 Å². The number of amides is 2. The number of ether oxygens (including phenoxy) is 1. The molecule has 1 aromatic heterocycles. The van der Waals surface area contributed by atoms with Gasteiger partial charge in [-0.05, 0) is 30.9 Å². The number of aromatic nitrogens is 1. The van der Waals surface area contributed by atoms with Crippen LogP contribution in [0.4, 0.5) is 9.18 Å². The Kier molecular flexibility index (Phi) is 6.50. The molecule has 154 valence electrons. The van der Waals surface area contributed by atoms with Gasteiger partial charge in [0.05, 0.1) is 12.5 Å². The number of carbonyl (C=O) groups is 1. The fourth-order valence-electron chi connectivity index (χ4n) is 3.36. The SMILES string of the molecule is CC/C(=C\F)COc1ccc(S(=O)(=O)N2CCC(N3CCNC3=O)CC2)cn1. The van der Waals surface area contributed by atoms with E-state index in [2.05, 4.69) is 10.3 Å². The van der Waals surface area contributed by atoms with E-state index < -0.39 is 10.0 Å². The van der Waals surface area contributed by atoms with Crippen LogP contribution in [0.5, 0.6) is 5.88 Å². The Morgan fingerprint density at radius 1 is 1.36 bits per heavy atom. The van der Waals surface area contributed by atoms with Crippen LogP contribution >= 0.6 is 0 Å². The normalized spacial score (nSPS) is 19.7.